The fraction of sp³-hybridized carbons (Fsp3) is 0.222. The monoisotopic (exact) mass is 346 g/mol. The highest BCUT2D eigenvalue weighted by Gasteiger charge is 2.11. The fourth-order valence-corrected chi connectivity index (χ4v) is 2.46. The van der Waals surface area contributed by atoms with Gasteiger partial charge in [-0.1, -0.05) is 23.7 Å². The molecule has 2 rings (SSSR count). The number of methoxy groups -OCH3 is 1. The first-order valence-corrected chi connectivity index (χ1v) is 7.78. The summed E-state index contributed by atoms with van der Waals surface area (Å²) in [6, 6.07) is 10.6. The van der Waals surface area contributed by atoms with E-state index in [1.165, 1.54) is 14.0 Å². The minimum absolute atomic E-state index is 0.191. The highest BCUT2D eigenvalue weighted by atomic mass is 35.5. The fourth-order valence-electron chi connectivity index (χ4n) is 2.28. The molecule has 0 aliphatic carbocycles. The first-order valence-electron chi connectivity index (χ1n) is 7.40. The van der Waals surface area contributed by atoms with Crippen molar-refractivity contribution in [3.8, 4) is 5.75 Å². The van der Waals surface area contributed by atoms with Gasteiger partial charge in [0.25, 0.3) is 5.91 Å². The molecule has 0 aliphatic rings. The Morgan fingerprint density at radius 1 is 1.21 bits per heavy atom. The lowest BCUT2D eigenvalue weighted by molar-refractivity contribution is -0.114. The summed E-state index contributed by atoms with van der Waals surface area (Å²) in [5.41, 5.74) is 2.69. The van der Waals surface area contributed by atoms with E-state index in [9.17, 15) is 9.59 Å². The molecule has 0 fully saturated rings. The molecule has 0 aliphatic heterocycles. The minimum atomic E-state index is -0.202. The molecule has 5 nitrogen and oxygen atoms in total. The zero-order chi connectivity index (χ0) is 17.7. The number of ether oxygens (including phenoxy) is 1. The second-order valence-electron chi connectivity index (χ2n) is 5.31. The maximum absolute atomic E-state index is 12.3. The van der Waals surface area contributed by atoms with Gasteiger partial charge in [0.1, 0.15) is 5.75 Å². The van der Waals surface area contributed by atoms with Gasteiger partial charge in [-0.2, -0.15) is 0 Å². The van der Waals surface area contributed by atoms with E-state index < -0.39 is 0 Å². The first-order chi connectivity index (χ1) is 11.4. The lowest BCUT2D eigenvalue weighted by Crippen LogP contribution is -2.23. The Labute approximate surface area is 146 Å². The van der Waals surface area contributed by atoms with Crippen molar-refractivity contribution in [1.29, 1.82) is 0 Å². The lowest BCUT2D eigenvalue weighted by atomic mass is 10.1. The quantitative estimate of drug-likeness (QED) is 0.870. The number of hydrogen-bond acceptors (Lipinski definition) is 3. The van der Waals surface area contributed by atoms with Crippen LogP contribution < -0.4 is 15.4 Å². The van der Waals surface area contributed by atoms with Crippen molar-refractivity contribution >= 4 is 29.1 Å². The Hall–Kier alpha value is -2.53. The number of amides is 2. The molecule has 126 valence electrons. The van der Waals surface area contributed by atoms with Gasteiger partial charge in [0.2, 0.25) is 5.91 Å². The Bertz CT molecular complexity index is 775. The van der Waals surface area contributed by atoms with Gasteiger partial charge < -0.3 is 15.4 Å². The lowest BCUT2D eigenvalue weighted by Gasteiger charge is -2.12. The molecule has 0 saturated heterocycles. The molecule has 0 atom stereocenters. The molecule has 2 N–H and O–H groups in total. The van der Waals surface area contributed by atoms with Crippen LogP contribution in [0.4, 0.5) is 5.69 Å². The molecule has 0 saturated carbocycles. The van der Waals surface area contributed by atoms with Crippen LogP contribution in [0.5, 0.6) is 5.75 Å². The van der Waals surface area contributed by atoms with Crippen LogP contribution in [0.3, 0.4) is 0 Å². The van der Waals surface area contributed by atoms with Crippen molar-refractivity contribution in [2.45, 2.75) is 20.4 Å². The smallest absolute Gasteiger partial charge is 0.251 e. The van der Waals surface area contributed by atoms with Gasteiger partial charge in [-0.3, -0.25) is 9.59 Å². The Kier molecular flexibility index (Phi) is 5.82. The van der Waals surface area contributed by atoms with E-state index >= 15 is 0 Å². The van der Waals surface area contributed by atoms with Gasteiger partial charge in [0, 0.05) is 24.1 Å². The van der Waals surface area contributed by atoms with Crippen molar-refractivity contribution in [3.05, 3.63) is 58.1 Å². The molecule has 24 heavy (non-hydrogen) atoms. The second-order valence-corrected chi connectivity index (χ2v) is 5.72. The zero-order valence-electron chi connectivity index (χ0n) is 13.8. The van der Waals surface area contributed by atoms with Gasteiger partial charge >= 0.3 is 0 Å². The molecule has 0 aromatic heterocycles. The molecule has 2 aromatic carbocycles. The van der Waals surface area contributed by atoms with Crippen molar-refractivity contribution in [2.24, 2.45) is 0 Å². The Balaban J connectivity index is 2.12. The highest BCUT2D eigenvalue weighted by Crippen LogP contribution is 2.25. The number of hydrogen-bond donors (Lipinski definition) is 2. The van der Waals surface area contributed by atoms with Gasteiger partial charge in [0.15, 0.2) is 0 Å². The normalized spacial score (nSPS) is 10.2. The number of nitrogens with one attached hydrogen (secondary N) is 2. The Morgan fingerprint density at radius 3 is 2.62 bits per heavy atom. The third kappa shape index (κ3) is 4.26. The van der Waals surface area contributed by atoms with Crippen molar-refractivity contribution in [1.82, 2.24) is 5.32 Å². The van der Waals surface area contributed by atoms with Crippen molar-refractivity contribution in [2.75, 3.05) is 12.4 Å². The van der Waals surface area contributed by atoms with E-state index in [-0.39, 0.29) is 11.8 Å². The van der Waals surface area contributed by atoms with Crippen molar-refractivity contribution < 1.29 is 14.3 Å². The van der Waals surface area contributed by atoms with E-state index in [0.29, 0.717) is 28.6 Å². The van der Waals surface area contributed by atoms with Crippen molar-refractivity contribution in [3.63, 3.8) is 0 Å². The number of rotatable bonds is 5. The summed E-state index contributed by atoms with van der Waals surface area (Å²) in [5, 5.41) is 6.11. The SMILES string of the molecule is COc1ccc(CNC(=O)c2cccc(Cl)c2C)cc1NC(C)=O. The molecule has 2 aromatic rings. The number of carbonyl (C=O) groups excluding carboxylic acids is 2. The summed E-state index contributed by atoms with van der Waals surface area (Å²) in [5.74, 6) is 0.168. The molecule has 6 heteroatoms. The van der Waals surface area contributed by atoms with Crippen LogP contribution in [0.25, 0.3) is 0 Å². The molecule has 0 radical (unpaired) electrons. The molecular weight excluding hydrogens is 328 g/mol. The topological polar surface area (TPSA) is 67.4 Å². The van der Waals surface area contributed by atoms with E-state index in [1.807, 2.05) is 6.07 Å². The summed E-state index contributed by atoms with van der Waals surface area (Å²) in [4.78, 5) is 23.6. The molecule has 0 heterocycles. The Morgan fingerprint density at radius 2 is 1.96 bits per heavy atom. The van der Waals surface area contributed by atoms with Crippen LogP contribution in [0.15, 0.2) is 36.4 Å². The summed E-state index contributed by atoms with van der Waals surface area (Å²) in [7, 11) is 1.53. The summed E-state index contributed by atoms with van der Waals surface area (Å²) >= 11 is 6.04. The van der Waals surface area contributed by atoms with Gasteiger partial charge in [-0.25, -0.2) is 0 Å². The summed E-state index contributed by atoms with van der Waals surface area (Å²) in [6.07, 6.45) is 0. The predicted octanol–water partition coefficient (Wildman–Crippen LogP) is 3.55. The average molecular weight is 347 g/mol. The predicted molar refractivity (Wildman–Crippen MR) is 94.7 cm³/mol. The van der Waals surface area contributed by atoms with E-state index in [0.717, 1.165) is 11.1 Å². The zero-order valence-corrected chi connectivity index (χ0v) is 14.5. The molecule has 0 unspecified atom stereocenters. The average Bonchev–Trinajstić information content (AvgIpc) is 2.55. The van der Waals surface area contributed by atoms with Crippen LogP contribution in [0, 0.1) is 6.92 Å². The van der Waals surface area contributed by atoms with Gasteiger partial charge in [-0.15, -0.1) is 0 Å². The van der Waals surface area contributed by atoms with Crippen LogP contribution >= 0.6 is 11.6 Å². The largest absolute Gasteiger partial charge is 0.495 e. The molecule has 2 amide bonds. The van der Waals surface area contributed by atoms with E-state index in [2.05, 4.69) is 10.6 Å². The van der Waals surface area contributed by atoms with Crippen LogP contribution in [0.1, 0.15) is 28.4 Å². The molecular formula is C18H19ClN2O3. The third-order valence-corrected chi connectivity index (χ3v) is 3.95. The maximum atomic E-state index is 12.3. The summed E-state index contributed by atoms with van der Waals surface area (Å²) in [6.45, 7) is 3.55. The van der Waals surface area contributed by atoms with E-state index in [1.54, 1.807) is 37.3 Å². The first kappa shape index (κ1) is 17.8. The van der Waals surface area contributed by atoms with Gasteiger partial charge in [0.05, 0.1) is 12.8 Å². The highest BCUT2D eigenvalue weighted by molar-refractivity contribution is 6.31. The molecule has 0 bridgehead atoms. The number of carbonyl (C=O) groups is 2. The molecule has 0 spiro atoms. The number of benzene rings is 2. The van der Waals surface area contributed by atoms with Gasteiger partial charge in [-0.05, 0) is 42.3 Å². The van der Waals surface area contributed by atoms with Crippen LogP contribution in [0.2, 0.25) is 5.02 Å². The third-order valence-electron chi connectivity index (χ3n) is 3.54. The standard InChI is InChI=1S/C18H19ClN2O3/c1-11-14(5-4-6-15(11)19)18(23)20-10-13-7-8-17(24-3)16(9-13)21-12(2)22/h4-9H,10H2,1-3H3,(H,20,23)(H,21,22). The minimum Gasteiger partial charge on any atom is -0.495 e. The number of anilines is 1. The maximum Gasteiger partial charge on any atom is 0.251 e. The van der Waals surface area contributed by atoms with Crippen LogP contribution in [-0.4, -0.2) is 18.9 Å². The second kappa shape index (κ2) is 7.84. The number of halogens is 1. The van der Waals surface area contributed by atoms with Crippen LogP contribution in [-0.2, 0) is 11.3 Å². The summed E-state index contributed by atoms with van der Waals surface area (Å²) < 4.78 is 5.21. The van der Waals surface area contributed by atoms with E-state index in [4.69, 9.17) is 16.3 Å².